The number of aromatic nitrogens is 2. The van der Waals surface area contributed by atoms with Crippen LogP contribution in [0.1, 0.15) is 41.6 Å². The molecule has 1 aromatic carbocycles. The van der Waals surface area contributed by atoms with Gasteiger partial charge in [0.05, 0.1) is 18.7 Å². The summed E-state index contributed by atoms with van der Waals surface area (Å²) in [5.74, 6) is 0.243. The number of fused-ring (bicyclic) bond motifs is 3. The predicted octanol–water partition coefficient (Wildman–Crippen LogP) is 2.61. The Balaban J connectivity index is 1.80. The van der Waals surface area contributed by atoms with Crippen LogP contribution in [0.15, 0.2) is 41.4 Å². The number of hydrogen-bond donors (Lipinski definition) is 0. The third kappa shape index (κ3) is 3.12. The maximum absolute atomic E-state index is 13.3. The van der Waals surface area contributed by atoms with E-state index in [1.165, 1.54) is 9.80 Å². The number of amides is 3. The van der Waals surface area contributed by atoms with Crippen molar-refractivity contribution in [3.8, 4) is 5.69 Å². The van der Waals surface area contributed by atoms with Crippen LogP contribution in [0.2, 0.25) is 0 Å². The maximum atomic E-state index is 13.3. The van der Waals surface area contributed by atoms with Gasteiger partial charge in [-0.1, -0.05) is 17.1 Å². The van der Waals surface area contributed by atoms with Gasteiger partial charge in [-0.2, -0.15) is 4.57 Å². The van der Waals surface area contributed by atoms with Gasteiger partial charge < -0.3 is 4.74 Å². The molecule has 0 bridgehead atoms. The highest BCUT2D eigenvalue weighted by Gasteiger charge is 2.54. The summed E-state index contributed by atoms with van der Waals surface area (Å²) in [5, 5.41) is 0. The molecule has 1 fully saturated rings. The average molecular weight is 436 g/mol. The molecule has 1 unspecified atom stereocenters. The third-order valence-corrected chi connectivity index (χ3v) is 5.78. The van der Waals surface area contributed by atoms with Gasteiger partial charge in [0.1, 0.15) is 17.1 Å². The minimum absolute atomic E-state index is 0.162. The molecule has 2 aromatic rings. The number of benzene rings is 1. The van der Waals surface area contributed by atoms with Crippen molar-refractivity contribution in [1.29, 1.82) is 0 Å². The standard InChI is InChI=1S/C23H26N5O4/c1-7-32-21(30)16-8-10-17(11-9-16)27-14(4)15(5)28-18-19(24-22(27)28)25(6)23(31)26(20(18)29)12-13(2)3/h8-11,18H,2,7,12H2,1,3-6H3/q+1. The molecule has 3 amide bonds. The molecule has 0 spiro atoms. The Morgan fingerprint density at radius 3 is 2.47 bits per heavy atom. The number of hydrogen-bond acceptors (Lipinski definition) is 5. The van der Waals surface area contributed by atoms with Crippen LogP contribution in [0, 0.1) is 13.8 Å². The lowest BCUT2D eigenvalue weighted by molar-refractivity contribution is -0.682. The zero-order valence-electron chi connectivity index (χ0n) is 18.9. The van der Waals surface area contributed by atoms with E-state index in [1.807, 2.05) is 35.1 Å². The Labute approximate surface area is 186 Å². The molecular formula is C23H26N5O4+. The Morgan fingerprint density at radius 1 is 1.22 bits per heavy atom. The Hall–Kier alpha value is -3.75. The molecule has 4 rings (SSSR count). The summed E-state index contributed by atoms with van der Waals surface area (Å²) < 4.78 is 8.84. The Bertz CT molecular complexity index is 1190. The predicted molar refractivity (Wildman–Crippen MR) is 117 cm³/mol. The van der Waals surface area contributed by atoms with Crippen LogP contribution in [-0.2, 0) is 9.53 Å². The van der Waals surface area contributed by atoms with Crippen LogP contribution in [0.3, 0.4) is 0 Å². The quantitative estimate of drug-likeness (QED) is 0.410. The number of carbonyl (C=O) groups is 3. The van der Waals surface area contributed by atoms with Crippen molar-refractivity contribution in [1.82, 2.24) is 14.4 Å². The first kappa shape index (κ1) is 21.5. The van der Waals surface area contributed by atoms with E-state index >= 15 is 0 Å². The molecule has 9 heteroatoms. The van der Waals surface area contributed by atoms with Gasteiger partial charge in [-0.15, -0.1) is 0 Å². The average Bonchev–Trinajstić information content (AvgIpc) is 3.25. The highest BCUT2D eigenvalue weighted by molar-refractivity contribution is 6.19. The second kappa shape index (κ2) is 7.74. The lowest BCUT2D eigenvalue weighted by atomic mass is 10.1. The van der Waals surface area contributed by atoms with E-state index in [9.17, 15) is 14.4 Å². The third-order valence-electron chi connectivity index (χ3n) is 5.78. The number of amidine groups is 1. The van der Waals surface area contributed by atoms with Crippen LogP contribution in [0.5, 0.6) is 0 Å². The van der Waals surface area contributed by atoms with Crippen LogP contribution in [0.4, 0.5) is 10.7 Å². The number of imide groups is 1. The largest absolute Gasteiger partial charge is 0.462 e. The first-order chi connectivity index (χ1) is 15.2. The fourth-order valence-electron chi connectivity index (χ4n) is 4.12. The minimum atomic E-state index is -0.717. The fraction of sp³-hybridized carbons (Fsp3) is 0.348. The van der Waals surface area contributed by atoms with Gasteiger partial charge >= 0.3 is 17.9 Å². The fourth-order valence-corrected chi connectivity index (χ4v) is 4.12. The smallest absolute Gasteiger partial charge is 0.407 e. The van der Waals surface area contributed by atoms with Gasteiger partial charge in [0.2, 0.25) is 11.9 Å². The molecule has 2 aliphatic heterocycles. The van der Waals surface area contributed by atoms with E-state index < -0.39 is 12.1 Å². The van der Waals surface area contributed by atoms with Crippen LogP contribution in [0.25, 0.3) is 5.69 Å². The van der Waals surface area contributed by atoms with Crippen molar-refractivity contribution >= 4 is 29.7 Å². The molecule has 1 aromatic heterocycles. The second-order valence-corrected chi connectivity index (χ2v) is 8.04. The normalized spacial score (nSPS) is 17.3. The molecule has 2 aliphatic rings. The molecule has 1 atom stereocenters. The number of aliphatic imine (C=N–C) groups is 1. The zero-order valence-corrected chi connectivity index (χ0v) is 18.9. The van der Waals surface area contributed by atoms with Gasteiger partial charge in [0.25, 0.3) is 5.91 Å². The lowest BCUT2D eigenvalue weighted by Crippen LogP contribution is -2.63. The highest BCUT2D eigenvalue weighted by atomic mass is 16.5. The van der Waals surface area contributed by atoms with Gasteiger partial charge in [0.15, 0.2) is 0 Å². The van der Waals surface area contributed by atoms with Crippen LogP contribution >= 0.6 is 0 Å². The summed E-state index contributed by atoms with van der Waals surface area (Å²) in [4.78, 5) is 45.5. The first-order valence-electron chi connectivity index (χ1n) is 10.4. The second-order valence-electron chi connectivity index (χ2n) is 8.04. The molecule has 32 heavy (non-hydrogen) atoms. The Kier molecular flexibility index (Phi) is 5.20. The number of imidazole rings is 1. The van der Waals surface area contributed by atoms with E-state index in [0.717, 1.165) is 22.6 Å². The highest BCUT2D eigenvalue weighted by Crippen LogP contribution is 2.33. The SMILES string of the molecule is C=C(C)CN1C(=O)C2C(=Nc3n(-c4ccc(C(=O)OCC)cc4)c(C)c(C)[n+]32)N(C)C1=O. The zero-order chi connectivity index (χ0) is 23.3. The lowest BCUT2D eigenvalue weighted by Gasteiger charge is -2.33. The van der Waals surface area contributed by atoms with Crippen molar-refractivity contribution in [2.75, 3.05) is 20.2 Å². The van der Waals surface area contributed by atoms with Crippen molar-refractivity contribution in [3.63, 3.8) is 0 Å². The van der Waals surface area contributed by atoms with Gasteiger partial charge in [-0.25, -0.2) is 14.2 Å². The van der Waals surface area contributed by atoms with Gasteiger partial charge in [-0.05, 0) is 52.0 Å². The van der Waals surface area contributed by atoms with Crippen molar-refractivity contribution in [2.45, 2.75) is 33.7 Å². The number of nitrogens with zero attached hydrogens (tertiary/aromatic N) is 5. The Morgan fingerprint density at radius 2 is 1.88 bits per heavy atom. The molecule has 166 valence electrons. The molecule has 0 radical (unpaired) electrons. The van der Waals surface area contributed by atoms with Crippen molar-refractivity contribution in [3.05, 3.63) is 53.4 Å². The number of carbonyl (C=O) groups excluding carboxylic acids is 3. The summed E-state index contributed by atoms with van der Waals surface area (Å²) >= 11 is 0. The van der Waals surface area contributed by atoms with E-state index in [-0.39, 0.29) is 18.4 Å². The molecule has 0 saturated carbocycles. The first-order valence-corrected chi connectivity index (χ1v) is 10.4. The molecule has 1 saturated heterocycles. The van der Waals surface area contributed by atoms with E-state index in [0.29, 0.717) is 24.0 Å². The number of ether oxygens (including phenoxy) is 1. The monoisotopic (exact) mass is 436 g/mol. The maximum Gasteiger partial charge on any atom is 0.407 e. The van der Waals surface area contributed by atoms with Crippen LogP contribution < -0.4 is 4.57 Å². The van der Waals surface area contributed by atoms with E-state index in [1.54, 1.807) is 33.0 Å². The molecule has 0 aliphatic carbocycles. The molecule has 9 nitrogen and oxygen atoms in total. The summed E-state index contributed by atoms with van der Waals surface area (Å²) in [7, 11) is 1.62. The molecular weight excluding hydrogens is 410 g/mol. The summed E-state index contributed by atoms with van der Waals surface area (Å²) in [6, 6.07) is 5.88. The summed E-state index contributed by atoms with van der Waals surface area (Å²) in [6.07, 6.45) is 0. The number of esters is 1. The topological polar surface area (TPSA) is 88.1 Å². The molecule has 3 heterocycles. The van der Waals surface area contributed by atoms with Gasteiger partial charge in [0, 0.05) is 7.05 Å². The van der Waals surface area contributed by atoms with Crippen LogP contribution in [-0.4, -0.2) is 58.3 Å². The van der Waals surface area contributed by atoms with Gasteiger partial charge in [-0.3, -0.25) is 14.6 Å². The number of urea groups is 1. The number of rotatable bonds is 5. The van der Waals surface area contributed by atoms with E-state index in [4.69, 9.17) is 9.73 Å². The van der Waals surface area contributed by atoms with E-state index in [2.05, 4.69) is 6.58 Å². The summed E-state index contributed by atoms with van der Waals surface area (Å²) in [5.41, 5.74) is 3.74. The van der Waals surface area contributed by atoms with Crippen molar-refractivity contribution < 1.29 is 23.7 Å². The summed E-state index contributed by atoms with van der Waals surface area (Å²) in [6.45, 7) is 11.7. The number of likely N-dealkylation sites (N-methyl/N-ethyl adjacent to an activating group) is 1. The molecule has 0 N–H and O–H groups in total. The van der Waals surface area contributed by atoms with Crippen molar-refractivity contribution in [2.24, 2.45) is 4.99 Å². The minimum Gasteiger partial charge on any atom is -0.462 e.